The molecular weight excluding hydrogens is 346 g/mol. The first kappa shape index (κ1) is 17.6. The predicted molar refractivity (Wildman–Crippen MR) is 88.4 cm³/mol. The van der Waals surface area contributed by atoms with Gasteiger partial charge in [0.1, 0.15) is 11.5 Å². The van der Waals surface area contributed by atoms with Crippen molar-refractivity contribution in [1.82, 2.24) is 14.8 Å². The Kier molecular flexibility index (Phi) is 5.16. The van der Waals surface area contributed by atoms with Gasteiger partial charge in [-0.25, -0.2) is 8.42 Å². The van der Waals surface area contributed by atoms with Crippen molar-refractivity contribution in [1.29, 1.82) is 0 Å². The van der Waals surface area contributed by atoms with Gasteiger partial charge in [0, 0.05) is 19.2 Å². The molecule has 1 fully saturated rings. The van der Waals surface area contributed by atoms with Crippen molar-refractivity contribution in [3.8, 4) is 0 Å². The van der Waals surface area contributed by atoms with E-state index in [4.69, 9.17) is 9.26 Å². The zero-order valence-electron chi connectivity index (χ0n) is 13.8. The molecule has 0 atom stereocenters. The quantitative estimate of drug-likeness (QED) is 0.846. The lowest BCUT2D eigenvalue weighted by molar-refractivity contribution is 0.0729. The highest BCUT2D eigenvalue weighted by Gasteiger charge is 2.30. The summed E-state index contributed by atoms with van der Waals surface area (Å²) in [6.45, 7) is 3.15. The molecule has 2 aromatic rings. The fourth-order valence-electron chi connectivity index (χ4n) is 2.57. The number of hydrogen-bond donors (Lipinski definition) is 1. The van der Waals surface area contributed by atoms with Crippen LogP contribution >= 0.6 is 0 Å². The van der Waals surface area contributed by atoms with Gasteiger partial charge in [0.2, 0.25) is 10.0 Å². The summed E-state index contributed by atoms with van der Waals surface area (Å²) in [4.78, 5) is 12.5. The summed E-state index contributed by atoms with van der Waals surface area (Å²) in [5.74, 6) is 0.160. The second kappa shape index (κ2) is 7.34. The second-order valence-corrected chi connectivity index (χ2v) is 7.53. The van der Waals surface area contributed by atoms with Crippen LogP contribution in [0.3, 0.4) is 0 Å². The van der Waals surface area contributed by atoms with Crippen molar-refractivity contribution in [2.75, 3.05) is 26.3 Å². The third-order valence-electron chi connectivity index (χ3n) is 3.83. The van der Waals surface area contributed by atoms with Crippen molar-refractivity contribution in [3.05, 3.63) is 47.3 Å². The summed E-state index contributed by atoms with van der Waals surface area (Å²) in [5, 5.41) is 6.47. The van der Waals surface area contributed by atoms with Gasteiger partial charge >= 0.3 is 0 Å². The smallest absolute Gasteiger partial charge is 0.252 e. The number of hydrogen-bond acceptors (Lipinski definition) is 6. The number of carbonyl (C=O) groups excluding carboxylic acids is 1. The molecule has 25 heavy (non-hydrogen) atoms. The molecule has 1 amide bonds. The number of aryl methyl sites for hydroxylation is 1. The van der Waals surface area contributed by atoms with E-state index in [2.05, 4.69) is 10.5 Å². The fourth-order valence-corrected chi connectivity index (χ4v) is 4.17. The van der Waals surface area contributed by atoms with E-state index < -0.39 is 15.9 Å². The second-order valence-electron chi connectivity index (χ2n) is 5.62. The number of rotatable bonds is 5. The standard InChI is InChI=1S/C16H19N3O5S/c1-12-10-13(18-24-12)11-17-16(20)14-4-2-3-5-15(14)25(21,22)19-6-8-23-9-7-19/h2-5,10H,6-9,11H2,1H3,(H,17,20). The minimum Gasteiger partial charge on any atom is -0.379 e. The zero-order valence-corrected chi connectivity index (χ0v) is 14.6. The third kappa shape index (κ3) is 3.89. The number of aromatic nitrogens is 1. The molecule has 1 aliphatic heterocycles. The molecule has 0 aliphatic carbocycles. The highest BCUT2D eigenvalue weighted by atomic mass is 32.2. The van der Waals surface area contributed by atoms with Crippen molar-refractivity contribution >= 4 is 15.9 Å². The molecule has 0 bridgehead atoms. The van der Waals surface area contributed by atoms with E-state index in [0.717, 1.165) is 0 Å². The maximum atomic E-state index is 12.9. The molecule has 0 radical (unpaired) electrons. The van der Waals surface area contributed by atoms with Crippen LogP contribution in [-0.4, -0.2) is 50.1 Å². The van der Waals surface area contributed by atoms with Crippen LogP contribution in [0.1, 0.15) is 21.8 Å². The molecule has 0 saturated carbocycles. The summed E-state index contributed by atoms with van der Waals surface area (Å²) < 4.78 is 37.2. The maximum absolute atomic E-state index is 12.9. The molecule has 9 heteroatoms. The largest absolute Gasteiger partial charge is 0.379 e. The lowest BCUT2D eigenvalue weighted by Gasteiger charge is -2.26. The summed E-state index contributed by atoms with van der Waals surface area (Å²) >= 11 is 0. The molecule has 0 unspecified atom stereocenters. The number of ether oxygens (including phenoxy) is 1. The molecule has 1 aliphatic rings. The first-order valence-corrected chi connectivity index (χ1v) is 9.30. The van der Waals surface area contributed by atoms with Crippen LogP contribution in [0.5, 0.6) is 0 Å². The topological polar surface area (TPSA) is 102 Å². The van der Waals surface area contributed by atoms with Crippen LogP contribution in [0.4, 0.5) is 0 Å². The maximum Gasteiger partial charge on any atom is 0.252 e. The highest BCUT2D eigenvalue weighted by molar-refractivity contribution is 7.89. The van der Waals surface area contributed by atoms with E-state index in [0.29, 0.717) is 24.7 Å². The molecule has 8 nitrogen and oxygen atoms in total. The van der Waals surface area contributed by atoms with Gasteiger partial charge in [-0.3, -0.25) is 4.79 Å². The van der Waals surface area contributed by atoms with E-state index in [1.54, 1.807) is 25.1 Å². The van der Waals surface area contributed by atoms with Crippen molar-refractivity contribution in [2.45, 2.75) is 18.4 Å². The number of sulfonamides is 1. The number of morpholine rings is 1. The van der Waals surface area contributed by atoms with Crippen LogP contribution in [-0.2, 0) is 21.3 Å². The summed E-state index contributed by atoms with van der Waals surface area (Å²) in [7, 11) is -3.76. The van der Waals surface area contributed by atoms with Gasteiger partial charge in [0.05, 0.1) is 30.2 Å². The van der Waals surface area contributed by atoms with Gasteiger partial charge in [0.25, 0.3) is 5.91 Å². The normalized spacial score (nSPS) is 15.9. The lowest BCUT2D eigenvalue weighted by Crippen LogP contribution is -2.41. The Morgan fingerprint density at radius 3 is 2.68 bits per heavy atom. The molecular formula is C16H19N3O5S. The van der Waals surface area contributed by atoms with Gasteiger partial charge in [-0.05, 0) is 19.1 Å². The number of amides is 1. The Morgan fingerprint density at radius 2 is 2.00 bits per heavy atom. The molecule has 1 N–H and O–H groups in total. The molecule has 0 spiro atoms. The van der Waals surface area contributed by atoms with Gasteiger partial charge in [-0.2, -0.15) is 4.31 Å². The SMILES string of the molecule is Cc1cc(CNC(=O)c2ccccc2S(=O)(=O)N2CCOCC2)no1. The molecule has 2 heterocycles. The van der Waals surface area contributed by atoms with Crippen molar-refractivity contribution in [3.63, 3.8) is 0 Å². The average molecular weight is 365 g/mol. The Bertz CT molecular complexity index is 856. The number of nitrogens with zero attached hydrogens (tertiary/aromatic N) is 2. The Hall–Kier alpha value is -2.23. The van der Waals surface area contributed by atoms with E-state index in [-0.39, 0.29) is 30.1 Å². The lowest BCUT2D eigenvalue weighted by atomic mass is 10.2. The van der Waals surface area contributed by atoms with Crippen LogP contribution in [0.25, 0.3) is 0 Å². The van der Waals surface area contributed by atoms with E-state index >= 15 is 0 Å². The number of benzene rings is 1. The summed E-state index contributed by atoms with van der Waals surface area (Å²) in [6.07, 6.45) is 0. The van der Waals surface area contributed by atoms with Gasteiger partial charge < -0.3 is 14.6 Å². The first-order chi connectivity index (χ1) is 12.0. The van der Waals surface area contributed by atoms with Gasteiger partial charge in [0.15, 0.2) is 0 Å². The average Bonchev–Trinajstić information content (AvgIpc) is 3.06. The zero-order chi connectivity index (χ0) is 17.9. The number of carbonyl (C=O) groups is 1. The van der Waals surface area contributed by atoms with E-state index in [1.807, 2.05) is 0 Å². The van der Waals surface area contributed by atoms with E-state index in [9.17, 15) is 13.2 Å². The van der Waals surface area contributed by atoms with Crippen LogP contribution in [0.15, 0.2) is 39.8 Å². The summed E-state index contributed by atoms with van der Waals surface area (Å²) in [5.41, 5.74) is 0.675. The van der Waals surface area contributed by atoms with Crippen molar-refractivity contribution < 1.29 is 22.5 Å². The Balaban J connectivity index is 1.81. The molecule has 3 rings (SSSR count). The van der Waals surface area contributed by atoms with Gasteiger partial charge in [-0.1, -0.05) is 17.3 Å². The minimum absolute atomic E-state index is 0.00858. The van der Waals surface area contributed by atoms with Crippen LogP contribution in [0.2, 0.25) is 0 Å². The van der Waals surface area contributed by atoms with Crippen LogP contribution < -0.4 is 5.32 Å². The number of nitrogens with one attached hydrogen (secondary N) is 1. The van der Waals surface area contributed by atoms with Crippen LogP contribution in [0, 0.1) is 6.92 Å². The molecule has 1 aromatic heterocycles. The molecule has 134 valence electrons. The van der Waals surface area contributed by atoms with Crippen molar-refractivity contribution in [2.24, 2.45) is 0 Å². The monoisotopic (exact) mass is 365 g/mol. The molecule has 1 saturated heterocycles. The fraction of sp³-hybridized carbons (Fsp3) is 0.375. The summed E-state index contributed by atoms with van der Waals surface area (Å²) in [6, 6.07) is 7.88. The Labute approximate surface area is 145 Å². The predicted octanol–water partition coefficient (Wildman–Crippen LogP) is 0.934. The minimum atomic E-state index is -3.76. The van der Waals surface area contributed by atoms with Gasteiger partial charge in [-0.15, -0.1) is 0 Å². The highest BCUT2D eigenvalue weighted by Crippen LogP contribution is 2.21. The molecule has 1 aromatic carbocycles. The first-order valence-electron chi connectivity index (χ1n) is 7.86. The third-order valence-corrected chi connectivity index (χ3v) is 5.78. The van der Waals surface area contributed by atoms with E-state index in [1.165, 1.54) is 16.4 Å². The Morgan fingerprint density at radius 1 is 1.28 bits per heavy atom.